The maximum Gasteiger partial charge on any atom is 0.433 e. The molecule has 3 rings (SSSR count). The number of likely N-dealkylation sites (tertiary alicyclic amines) is 1. The van der Waals surface area contributed by atoms with E-state index in [2.05, 4.69) is 10.1 Å². The van der Waals surface area contributed by atoms with E-state index in [1.54, 1.807) is 17.8 Å². The SMILES string of the molecule is Cc1cc(C(=O)N2CC(Oc3ccnc(C(F)(F)F)c3)C2)nn1C. The third-order valence-corrected chi connectivity index (χ3v) is 3.79. The Hall–Kier alpha value is -2.58. The van der Waals surface area contributed by atoms with Crippen molar-refractivity contribution in [1.82, 2.24) is 19.7 Å². The summed E-state index contributed by atoms with van der Waals surface area (Å²) in [5, 5.41) is 4.11. The minimum absolute atomic E-state index is 0.0862. The van der Waals surface area contributed by atoms with Crippen LogP contribution in [0, 0.1) is 6.92 Å². The van der Waals surface area contributed by atoms with Crippen LogP contribution in [0.3, 0.4) is 0 Å². The van der Waals surface area contributed by atoms with E-state index in [-0.39, 0.29) is 17.8 Å². The summed E-state index contributed by atoms with van der Waals surface area (Å²) in [6, 6.07) is 3.91. The lowest BCUT2D eigenvalue weighted by Crippen LogP contribution is -2.56. The normalized spacial score (nSPS) is 15.3. The number of halogens is 3. The molecule has 0 radical (unpaired) electrons. The highest BCUT2D eigenvalue weighted by molar-refractivity contribution is 5.93. The number of hydrogen-bond acceptors (Lipinski definition) is 4. The van der Waals surface area contributed by atoms with Gasteiger partial charge < -0.3 is 9.64 Å². The minimum Gasteiger partial charge on any atom is -0.487 e. The fourth-order valence-corrected chi connectivity index (χ4v) is 2.34. The molecule has 6 nitrogen and oxygen atoms in total. The van der Waals surface area contributed by atoms with E-state index in [0.29, 0.717) is 18.8 Å². The molecule has 1 aliphatic rings. The first-order valence-electron chi connectivity index (χ1n) is 7.24. The molecule has 128 valence electrons. The predicted molar refractivity (Wildman–Crippen MR) is 77.5 cm³/mol. The van der Waals surface area contributed by atoms with Gasteiger partial charge in [0.15, 0.2) is 5.69 Å². The zero-order chi connectivity index (χ0) is 17.5. The molecule has 0 spiro atoms. The Labute approximate surface area is 135 Å². The topological polar surface area (TPSA) is 60.3 Å². The van der Waals surface area contributed by atoms with Crippen molar-refractivity contribution in [2.24, 2.45) is 7.05 Å². The highest BCUT2D eigenvalue weighted by Gasteiger charge is 2.35. The van der Waals surface area contributed by atoms with Crippen LogP contribution in [0.25, 0.3) is 0 Å². The van der Waals surface area contributed by atoms with E-state index < -0.39 is 11.9 Å². The molecule has 3 heterocycles. The molecule has 2 aromatic rings. The summed E-state index contributed by atoms with van der Waals surface area (Å²) in [4.78, 5) is 17.0. The molecular formula is C15H15F3N4O2. The molecule has 9 heteroatoms. The van der Waals surface area contributed by atoms with Gasteiger partial charge in [0.25, 0.3) is 5.91 Å². The third kappa shape index (κ3) is 3.19. The molecule has 1 saturated heterocycles. The number of hydrogen-bond donors (Lipinski definition) is 0. The van der Waals surface area contributed by atoms with E-state index in [0.717, 1.165) is 18.0 Å². The average molecular weight is 340 g/mol. The van der Waals surface area contributed by atoms with Gasteiger partial charge in [0, 0.05) is 25.0 Å². The number of alkyl halides is 3. The number of carbonyl (C=O) groups excluding carboxylic acids is 1. The van der Waals surface area contributed by atoms with Crippen LogP contribution < -0.4 is 4.74 Å². The fourth-order valence-electron chi connectivity index (χ4n) is 2.34. The molecule has 0 N–H and O–H groups in total. The lowest BCUT2D eigenvalue weighted by molar-refractivity contribution is -0.141. The maximum atomic E-state index is 12.6. The first kappa shape index (κ1) is 16.3. The molecule has 0 atom stereocenters. The summed E-state index contributed by atoms with van der Waals surface area (Å²) in [6.45, 7) is 2.45. The number of aromatic nitrogens is 3. The Morgan fingerprint density at radius 1 is 1.33 bits per heavy atom. The highest BCUT2D eigenvalue weighted by atomic mass is 19.4. The molecule has 0 aromatic carbocycles. The van der Waals surface area contributed by atoms with Crippen molar-refractivity contribution in [3.63, 3.8) is 0 Å². The average Bonchev–Trinajstić information content (AvgIpc) is 2.81. The molecule has 1 aliphatic heterocycles. The monoisotopic (exact) mass is 340 g/mol. The van der Waals surface area contributed by atoms with Gasteiger partial charge in [-0.15, -0.1) is 0 Å². The summed E-state index contributed by atoms with van der Waals surface area (Å²) in [5.41, 5.74) is 0.205. The summed E-state index contributed by atoms with van der Waals surface area (Å²) >= 11 is 0. The minimum atomic E-state index is -4.52. The Morgan fingerprint density at radius 2 is 2.04 bits per heavy atom. The molecule has 0 bridgehead atoms. The Kier molecular flexibility index (Phi) is 3.94. The van der Waals surface area contributed by atoms with Gasteiger partial charge in [-0.3, -0.25) is 14.5 Å². The fraction of sp³-hybridized carbons (Fsp3) is 0.400. The van der Waals surface area contributed by atoms with Gasteiger partial charge in [0.1, 0.15) is 17.5 Å². The molecule has 1 fully saturated rings. The van der Waals surface area contributed by atoms with Gasteiger partial charge in [-0.25, -0.2) is 0 Å². The van der Waals surface area contributed by atoms with Crippen LogP contribution in [0.2, 0.25) is 0 Å². The van der Waals surface area contributed by atoms with Crippen LogP contribution in [0.4, 0.5) is 13.2 Å². The van der Waals surface area contributed by atoms with Crippen LogP contribution in [-0.2, 0) is 13.2 Å². The smallest absolute Gasteiger partial charge is 0.433 e. The van der Waals surface area contributed by atoms with Gasteiger partial charge in [-0.2, -0.15) is 18.3 Å². The number of ether oxygens (including phenoxy) is 1. The van der Waals surface area contributed by atoms with Crippen molar-refractivity contribution in [3.8, 4) is 5.75 Å². The van der Waals surface area contributed by atoms with Gasteiger partial charge in [0.05, 0.1) is 13.1 Å². The second-order valence-corrected chi connectivity index (χ2v) is 5.62. The Bertz CT molecular complexity index is 747. The third-order valence-electron chi connectivity index (χ3n) is 3.79. The van der Waals surface area contributed by atoms with Crippen molar-refractivity contribution in [3.05, 3.63) is 41.5 Å². The Morgan fingerprint density at radius 3 is 2.62 bits per heavy atom. The van der Waals surface area contributed by atoms with Gasteiger partial charge in [-0.05, 0) is 19.1 Å². The van der Waals surface area contributed by atoms with Crippen molar-refractivity contribution in [1.29, 1.82) is 0 Å². The van der Waals surface area contributed by atoms with E-state index in [1.807, 2.05) is 6.92 Å². The van der Waals surface area contributed by atoms with Crippen LogP contribution in [-0.4, -0.2) is 44.8 Å². The highest BCUT2D eigenvalue weighted by Crippen LogP contribution is 2.30. The zero-order valence-electron chi connectivity index (χ0n) is 13.0. The molecule has 1 amide bonds. The number of amides is 1. The number of carbonyl (C=O) groups is 1. The van der Waals surface area contributed by atoms with Gasteiger partial charge in [-0.1, -0.05) is 0 Å². The van der Waals surface area contributed by atoms with Crippen molar-refractivity contribution in [2.75, 3.05) is 13.1 Å². The molecule has 0 aliphatic carbocycles. The molecule has 24 heavy (non-hydrogen) atoms. The van der Waals surface area contributed by atoms with Crippen molar-refractivity contribution >= 4 is 5.91 Å². The number of aryl methyl sites for hydroxylation is 2. The standard InChI is InChI=1S/C15H15F3N4O2/c1-9-5-12(20-21(9)2)14(23)22-7-11(8-22)24-10-3-4-19-13(6-10)15(16,17)18/h3-6,11H,7-8H2,1-2H3. The molecule has 0 saturated carbocycles. The van der Waals surface area contributed by atoms with E-state index >= 15 is 0 Å². The van der Waals surface area contributed by atoms with Gasteiger partial charge in [0.2, 0.25) is 0 Å². The van der Waals surface area contributed by atoms with Crippen molar-refractivity contribution in [2.45, 2.75) is 19.2 Å². The first-order chi connectivity index (χ1) is 11.2. The number of nitrogens with zero attached hydrogens (tertiary/aromatic N) is 4. The quantitative estimate of drug-likeness (QED) is 0.858. The summed E-state index contributed by atoms with van der Waals surface area (Å²) in [5.74, 6) is -0.132. The molecular weight excluding hydrogens is 325 g/mol. The lowest BCUT2D eigenvalue weighted by atomic mass is 10.1. The number of rotatable bonds is 3. The summed E-state index contributed by atoms with van der Waals surface area (Å²) in [7, 11) is 1.75. The van der Waals surface area contributed by atoms with Crippen LogP contribution in [0.5, 0.6) is 5.75 Å². The first-order valence-corrected chi connectivity index (χ1v) is 7.24. The van der Waals surface area contributed by atoms with Crippen LogP contribution >= 0.6 is 0 Å². The molecule has 0 unspecified atom stereocenters. The van der Waals surface area contributed by atoms with E-state index in [4.69, 9.17) is 4.74 Å². The largest absolute Gasteiger partial charge is 0.487 e. The van der Waals surface area contributed by atoms with Crippen molar-refractivity contribution < 1.29 is 22.7 Å². The van der Waals surface area contributed by atoms with Crippen LogP contribution in [0.15, 0.2) is 24.4 Å². The molecule has 2 aromatic heterocycles. The second-order valence-electron chi connectivity index (χ2n) is 5.62. The predicted octanol–water partition coefficient (Wildman–Crippen LogP) is 2.05. The zero-order valence-corrected chi connectivity index (χ0v) is 13.0. The van der Waals surface area contributed by atoms with E-state index in [9.17, 15) is 18.0 Å². The number of pyridine rings is 1. The summed E-state index contributed by atoms with van der Waals surface area (Å²) in [6.07, 6.45) is -3.81. The Balaban J connectivity index is 1.58. The van der Waals surface area contributed by atoms with Gasteiger partial charge >= 0.3 is 6.18 Å². The summed E-state index contributed by atoms with van der Waals surface area (Å²) < 4.78 is 44.9. The second kappa shape index (κ2) is 5.81. The lowest BCUT2D eigenvalue weighted by Gasteiger charge is -2.38. The maximum absolute atomic E-state index is 12.6. The van der Waals surface area contributed by atoms with E-state index in [1.165, 1.54) is 11.0 Å². The van der Waals surface area contributed by atoms with Crippen LogP contribution in [0.1, 0.15) is 21.9 Å².